The molecule has 0 aliphatic carbocycles. The molecular formula is C24H18IN5. The van der Waals surface area contributed by atoms with E-state index in [1.807, 2.05) is 22.9 Å². The van der Waals surface area contributed by atoms with Crippen molar-refractivity contribution < 1.29 is 0 Å². The molecule has 0 unspecified atom stereocenters. The number of hydrogen-bond donors (Lipinski definition) is 1. The average Bonchev–Trinajstić information content (AvgIpc) is 3.15. The second kappa shape index (κ2) is 7.53. The van der Waals surface area contributed by atoms with Crippen molar-refractivity contribution in [3.8, 4) is 0 Å². The van der Waals surface area contributed by atoms with Gasteiger partial charge in [0.1, 0.15) is 21.4 Å². The molecule has 0 aliphatic heterocycles. The van der Waals surface area contributed by atoms with E-state index in [1.54, 1.807) is 0 Å². The van der Waals surface area contributed by atoms with E-state index in [0.29, 0.717) is 11.5 Å². The molecule has 0 fully saturated rings. The van der Waals surface area contributed by atoms with Crippen molar-refractivity contribution in [2.75, 3.05) is 5.73 Å². The lowest BCUT2D eigenvalue weighted by Crippen LogP contribution is -2.38. The Hall–Kier alpha value is -3.26. The van der Waals surface area contributed by atoms with Crippen molar-refractivity contribution in [2.24, 2.45) is 0 Å². The van der Waals surface area contributed by atoms with Gasteiger partial charge in [0.2, 0.25) is 0 Å². The van der Waals surface area contributed by atoms with Gasteiger partial charge in [-0.2, -0.15) is 5.10 Å². The normalized spacial score (nSPS) is 11.6. The monoisotopic (exact) mass is 503 g/mol. The SMILES string of the molecule is Nc1ncnc2c1c(I)nn2C(c1ccccc1)(c1ccccc1)c1ccccc1. The predicted octanol–water partition coefficient (Wildman–Crippen LogP) is 4.85. The molecule has 146 valence electrons. The topological polar surface area (TPSA) is 69.6 Å². The van der Waals surface area contributed by atoms with Crippen LogP contribution in [0, 0.1) is 3.70 Å². The first-order chi connectivity index (χ1) is 14.7. The van der Waals surface area contributed by atoms with Crippen LogP contribution >= 0.6 is 22.6 Å². The van der Waals surface area contributed by atoms with Crippen LogP contribution in [-0.4, -0.2) is 19.7 Å². The van der Waals surface area contributed by atoms with Gasteiger partial charge in [0, 0.05) is 0 Å². The zero-order valence-electron chi connectivity index (χ0n) is 16.0. The third kappa shape index (κ3) is 2.79. The van der Waals surface area contributed by atoms with Crippen LogP contribution in [0.5, 0.6) is 0 Å². The molecule has 2 heterocycles. The summed E-state index contributed by atoms with van der Waals surface area (Å²) in [6.45, 7) is 0. The lowest BCUT2D eigenvalue weighted by atomic mass is 9.77. The summed E-state index contributed by atoms with van der Waals surface area (Å²) >= 11 is 2.21. The van der Waals surface area contributed by atoms with Crippen LogP contribution in [0.25, 0.3) is 11.0 Å². The van der Waals surface area contributed by atoms with Crippen LogP contribution in [0.15, 0.2) is 97.3 Å². The zero-order chi connectivity index (χ0) is 20.6. The lowest BCUT2D eigenvalue weighted by Gasteiger charge is -2.36. The van der Waals surface area contributed by atoms with Crippen molar-refractivity contribution in [2.45, 2.75) is 5.54 Å². The van der Waals surface area contributed by atoms with Crippen molar-refractivity contribution in [3.05, 3.63) is 118 Å². The number of halogens is 1. The third-order valence-corrected chi connectivity index (χ3v) is 6.10. The Kier molecular flexibility index (Phi) is 4.71. The number of nitrogens with zero attached hydrogens (tertiary/aromatic N) is 4. The lowest BCUT2D eigenvalue weighted by molar-refractivity contribution is 0.470. The smallest absolute Gasteiger partial charge is 0.165 e. The maximum Gasteiger partial charge on any atom is 0.165 e. The van der Waals surface area contributed by atoms with Gasteiger partial charge in [0.25, 0.3) is 0 Å². The number of benzene rings is 3. The van der Waals surface area contributed by atoms with E-state index in [1.165, 1.54) is 6.33 Å². The van der Waals surface area contributed by atoms with E-state index >= 15 is 0 Å². The average molecular weight is 503 g/mol. The number of fused-ring (bicyclic) bond motifs is 1. The highest BCUT2D eigenvalue weighted by molar-refractivity contribution is 14.1. The largest absolute Gasteiger partial charge is 0.383 e. The molecule has 30 heavy (non-hydrogen) atoms. The Labute approximate surface area is 187 Å². The molecule has 0 atom stereocenters. The van der Waals surface area contributed by atoms with Gasteiger partial charge in [0.15, 0.2) is 5.65 Å². The van der Waals surface area contributed by atoms with E-state index in [-0.39, 0.29) is 0 Å². The Balaban J connectivity index is 2.00. The molecule has 0 radical (unpaired) electrons. The molecule has 2 N–H and O–H groups in total. The van der Waals surface area contributed by atoms with Crippen molar-refractivity contribution in [1.82, 2.24) is 19.7 Å². The number of nitrogen functional groups attached to an aromatic ring is 1. The van der Waals surface area contributed by atoms with E-state index < -0.39 is 5.54 Å². The fourth-order valence-electron chi connectivity index (χ4n) is 4.07. The van der Waals surface area contributed by atoms with Crippen LogP contribution in [-0.2, 0) is 5.54 Å². The maximum absolute atomic E-state index is 6.22. The van der Waals surface area contributed by atoms with Crippen LogP contribution in [0.4, 0.5) is 5.82 Å². The van der Waals surface area contributed by atoms with Gasteiger partial charge in [-0.3, -0.25) is 0 Å². The Morgan fingerprint density at radius 2 is 1.17 bits per heavy atom. The molecule has 2 aromatic heterocycles. The van der Waals surface area contributed by atoms with Crippen molar-refractivity contribution in [1.29, 1.82) is 0 Å². The first-order valence-corrected chi connectivity index (χ1v) is 10.6. The molecule has 5 nitrogen and oxygen atoms in total. The second-order valence-corrected chi connectivity index (χ2v) is 7.99. The highest BCUT2D eigenvalue weighted by Crippen LogP contribution is 2.42. The van der Waals surface area contributed by atoms with Crippen LogP contribution < -0.4 is 5.73 Å². The predicted molar refractivity (Wildman–Crippen MR) is 127 cm³/mol. The Morgan fingerprint density at radius 1 is 0.700 bits per heavy atom. The number of aromatic nitrogens is 4. The molecular weight excluding hydrogens is 485 g/mol. The van der Waals surface area contributed by atoms with E-state index in [2.05, 4.69) is 105 Å². The molecule has 0 saturated heterocycles. The summed E-state index contributed by atoms with van der Waals surface area (Å²) in [6.07, 6.45) is 1.50. The summed E-state index contributed by atoms with van der Waals surface area (Å²) in [5.41, 5.74) is 9.44. The standard InChI is InChI=1S/C24H18IN5/c25-21-20-22(26)27-16-28-23(20)30(29-21)24(17-10-4-1-5-11-17,18-12-6-2-7-13-18)19-14-8-3-9-15-19/h1-16H,(H2,26,27,28). The van der Waals surface area contributed by atoms with Crippen LogP contribution in [0.3, 0.4) is 0 Å². The Morgan fingerprint density at radius 3 is 1.63 bits per heavy atom. The summed E-state index contributed by atoms with van der Waals surface area (Å²) in [7, 11) is 0. The van der Waals surface area contributed by atoms with Crippen molar-refractivity contribution in [3.63, 3.8) is 0 Å². The van der Waals surface area contributed by atoms with Gasteiger partial charge < -0.3 is 5.73 Å². The molecule has 5 rings (SSSR count). The number of hydrogen-bond acceptors (Lipinski definition) is 4. The van der Waals surface area contributed by atoms with E-state index in [4.69, 9.17) is 10.8 Å². The van der Waals surface area contributed by atoms with Crippen LogP contribution in [0.1, 0.15) is 16.7 Å². The number of anilines is 1. The van der Waals surface area contributed by atoms with Gasteiger partial charge in [-0.05, 0) is 39.3 Å². The van der Waals surface area contributed by atoms with Gasteiger partial charge in [-0.1, -0.05) is 91.0 Å². The summed E-state index contributed by atoms with van der Waals surface area (Å²) in [5.74, 6) is 0.429. The molecule has 0 amide bonds. The molecule has 3 aromatic carbocycles. The van der Waals surface area contributed by atoms with Gasteiger partial charge in [-0.15, -0.1) is 0 Å². The van der Waals surface area contributed by atoms with Gasteiger partial charge in [0.05, 0.1) is 5.39 Å². The highest BCUT2D eigenvalue weighted by Gasteiger charge is 2.41. The minimum Gasteiger partial charge on any atom is -0.383 e. The van der Waals surface area contributed by atoms with E-state index in [0.717, 1.165) is 25.8 Å². The minimum atomic E-state index is -0.730. The van der Waals surface area contributed by atoms with Gasteiger partial charge in [-0.25, -0.2) is 14.6 Å². The first-order valence-electron chi connectivity index (χ1n) is 9.54. The molecule has 6 heteroatoms. The molecule has 0 spiro atoms. The molecule has 5 aromatic rings. The van der Waals surface area contributed by atoms with Gasteiger partial charge >= 0.3 is 0 Å². The summed E-state index contributed by atoms with van der Waals surface area (Å²) in [4.78, 5) is 8.80. The highest BCUT2D eigenvalue weighted by atomic mass is 127. The summed E-state index contributed by atoms with van der Waals surface area (Å²) in [6, 6.07) is 31.2. The van der Waals surface area contributed by atoms with Crippen LogP contribution in [0.2, 0.25) is 0 Å². The minimum absolute atomic E-state index is 0.429. The third-order valence-electron chi connectivity index (χ3n) is 5.34. The summed E-state index contributed by atoms with van der Waals surface area (Å²) < 4.78 is 2.76. The number of nitrogens with two attached hydrogens (primary N) is 1. The Bertz CT molecular complexity index is 1200. The molecule has 0 aliphatic rings. The molecule has 0 saturated carbocycles. The summed E-state index contributed by atoms with van der Waals surface area (Å²) in [5, 5.41) is 5.74. The quantitative estimate of drug-likeness (QED) is 0.281. The first kappa shape index (κ1) is 18.7. The van der Waals surface area contributed by atoms with E-state index in [9.17, 15) is 0 Å². The van der Waals surface area contributed by atoms with Crippen molar-refractivity contribution >= 4 is 39.4 Å². The fourth-order valence-corrected chi connectivity index (χ4v) is 4.81. The maximum atomic E-state index is 6.22. The fraction of sp³-hybridized carbons (Fsp3) is 0.0417. The second-order valence-electron chi connectivity index (χ2n) is 6.97. The molecule has 0 bridgehead atoms. The number of rotatable bonds is 4. The zero-order valence-corrected chi connectivity index (χ0v) is 18.1.